The smallest absolute Gasteiger partial charge is 0.329 e. The van der Waals surface area contributed by atoms with E-state index in [2.05, 4.69) is 5.32 Å². The number of urea groups is 1. The molecule has 0 bridgehead atoms. The number of nitrogens with two attached hydrogens (primary N) is 1. The lowest BCUT2D eigenvalue weighted by Crippen LogP contribution is -2.32. The first kappa shape index (κ1) is 15.2. The van der Waals surface area contributed by atoms with E-state index in [9.17, 15) is 9.59 Å². The van der Waals surface area contributed by atoms with Crippen LogP contribution in [0.4, 0.5) is 4.79 Å². The number of carbonyl (C=O) groups excluding carboxylic acids is 2. The van der Waals surface area contributed by atoms with Crippen LogP contribution in [0.1, 0.15) is 18.4 Å². The SMILES string of the molecule is NCCCCN1C(=O)NC(=Cc2cccc3ccccc23)C1=O. The molecular formula is C18H19N3O2. The van der Waals surface area contributed by atoms with Gasteiger partial charge >= 0.3 is 6.03 Å². The molecule has 0 spiro atoms. The monoisotopic (exact) mass is 309 g/mol. The third-order valence-corrected chi connectivity index (χ3v) is 3.92. The van der Waals surface area contributed by atoms with Crippen LogP contribution in [0.15, 0.2) is 48.2 Å². The van der Waals surface area contributed by atoms with Crippen LogP contribution in [0.2, 0.25) is 0 Å². The van der Waals surface area contributed by atoms with Crippen molar-refractivity contribution in [2.75, 3.05) is 13.1 Å². The Balaban J connectivity index is 1.88. The van der Waals surface area contributed by atoms with Gasteiger partial charge in [-0.3, -0.25) is 9.69 Å². The molecule has 3 amide bonds. The number of unbranched alkanes of at least 4 members (excludes halogenated alkanes) is 1. The van der Waals surface area contributed by atoms with Gasteiger partial charge in [0.25, 0.3) is 5.91 Å². The molecule has 0 aliphatic carbocycles. The van der Waals surface area contributed by atoms with Crippen LogP contribution >= 0.6 is 0 Å². The summed E-state index contributed by atoms with van der Waals surface area (Å²) in [7, 11) is 0. The highest BCUT2D eigenvalue weighted by Gasteiger charge is 2.32. The van der Waals surface area contributed by atoms with E-state index in [0.29, 0.717) is 18.8 Å². The third kappa shape index (κ3) is 3.10. The van der Waals surface area contributed by atoms with Crippen molar-refractivity contribution in [1.82, 2.24) is 10.2 Å². The zero-order chi connectivity index (χ0) is 16.2. The first-order valence-electron chi connectivity index (χ1n) is 7.73. The average Bonchev–Trinajstić information content (AvgIpc) is 2.83. The number of benzene rings is 2. The lowest BCUT2D eigenvalue weighted by atomic mass is 10.0. The Morgan fingerprint density at radius 2 is 1.83 bits per heavy atom. The molecule has 0 unspecified atom stereocenters. The van der Waals surface area contributed by atoms with Crippen molar-refractivity contribution in [3.63, 3.8) is 0 Å². The van der Waals surface area contributed by atoms with Gasteiger partial charge in [-0.15, -0.1) is 0 Å². The average molecular weight is 309 g/mol. The predicted molar refractivity (Wildman–Crippen MR) is 90.5 cm³/mol. The number of carbonyl (C=O) groups is 2. The molecule has 1 saturated heterocycles. The van der Waals surface area contributed by atoms with Crippen molar-refractivity contribution in [2.24, 2.45) is 5.73 Å². The predicted octanol–water partition coefficient (Wildman–Crippen LogP) is 2.47. The molecule has 23 heavy (non-hydrogen) atoms. The lowest BCUT2D eigenvalue weighted by Gasteiger charge is -2.10. The van der Waals surface area contributed by atoms with Crippen molar-refractivity contribution in [3.05, 3.63) is 53.7 Å². The van der Waals surface area contributed by atoms with E-state index < -0.39 is 0 Å². The van der Waals surface area contributed by atoms with Gasteiger partial charge in [-0.2, -0.15) is 0 Å². The molecule has 0 saturated carbocycles. The fourth-order valence-corrected chi connectivity index (χ4v) is 2.72. The summed E-state index contributed by atoms with van der Waals surface area (Å²) in [6, 6.07) is 13.5. The molecule has 1 aliphatic heterocycles. The highest BCUT2D eigenvalue weighted by atomic mass is 16.2. The van der Waals surface area contributed by atoms with E-state index >= 15 is 0 Å². The summed E-state index contributed by atoms with van der Waals surface area (Å²) in [6.07, 6.45) is 3.25. The van der Waals surface area contributed by atoms with Gasteiger partial charge in [-0.1, -0.05) is 42.5 Å². The highest BCUT2D eigenvalue weighted by molar-refractivity contribution is 6.14. The molecule has 1 aliphatic rings. The van der Waals surface area contributed by atoms with Crippen molar-refractivity contribution >= 4 is 28.8 Å². The van der Waals surface area contributed by atoms with Crippen molar-refractivity contribution in [1.29, 1.82) is 0 Å². The maximum Gasteiger partial charge on any atom is 0.329 e. The standard InChI is InChI=1S/C18H19N3O2/c19-10-3-4-11-21-17(22)16(20-18(21)23)12-14-8-5-7-13-6-1-2-9-15(13)14/h1-2,5-9,12H,3-4,10-11,19H2,(H,20,23). The first-order valence-corrected chi connectivity index (χ1v) is 7.73. The van der Waals surface area contributed by atoms with Gasteiger partial charge in [0, 0.05) is 6.54 Å². The normalized spacial score (nSPS) is 16.4. The van der Waals surface area contributed by atoms with Crippen molar-refractivity contribution in [3.8, 4) is 0 Å². The van der Waals surface area contributed by atoms with Crippen molar-refractivity contribution < 1.29 is 9.59 Å². The van der Waals surface area contributed by atoms with Crippen LogP contribution < -0.4 is 11.1 Å². The van der Waals surface area contributed by atoms with E-state index in [4.69, 9.17) is 5.73 Å². The number of rotatable bonds is 5. The van der Waals surface area contributed by atoms with Crippen LogP contribution in [-0.4, -0.2) is 29.9 Å². The van der Waals surface area contributed by atoms with Crippen LogP contribution in [0.25, 0.3) is 16.8 Å². The number of nitrogens with zero attached hydrogens (tertiary/aromatic N) is 1. The van der Waals surface area contributed by atoms with Gasteiger partial charge in [-0.25, -0.2) is 4.79 Å². The second kappa shape index (κ2) is 6.62. The lowest BCUT2D eigenvalue weighted by molar-refractivity contribution is -0.122. The minimum Gasteiger partial charge on any atom is -0.330 e. The quantitative estimate of drug-likeness (QED) is 0.506. The van der Waals surface area contributed by atoms with Crippen LogP contribution in [0, 0.1) is 0 Å². The Morgan fingerprint density at radius 3 is 2.65 bits per heavy atom. The van der Waals surface area contributed by atoms with Gasteiger partial charge in [0.05, 0.1) is 0 Å². The molecule has 2 aromatic rings. The summed E-state index contributed by atoms with van der Waals surface area (Å²) < 4.78 is 0. The fraction of sp³-hybridized carbons (Fsp3) is 0.222. The van der Waals surface area contributed by atoms with E-state index in [1.165, 1.54) is 4.90 Å². The van der Waals surface area contributed by atoms with Gasteiger partial charge in [0.1, 0.15) is 5.70 Å². The molecule has 1 fully saturated rings. The van der Waals surface area contributed by atoms with Gasteiger partial charge < -0.3 is 11.1 Å². The third-order valence-electron chi connectivity index (χ3n) is 3.92. The minimum atomic E-state index is -0.362. The van der Waals surface area contributed by atoms with Crippen LogP contribution in [-0.2, 0) is 4.79 Å². The number of imide groups is 1. The molecule has 5 heteroatoms. The summed E-state index contributed by atoms with van der Waals surface area (Å²) in [5.41, 5.74) is 6.68. The van der Waals surface area contributed by atoms with E-state index in [0.717, 1.165) is 29.2 Å². The summed E-state index contributed by atoms with van der Waals surface area (Å²) in [5.74, 6) is -0.278. The Bertz CT molecular complexity index is 777. The number of amides is 3. The van der Waals surface area contributed by atoms with Gasteiger partial charge in [0.15, 0.2) is 0 Å². The second-order valence-electron chi connectivity index (χ2n) is 5.51. The zero-order valence-corrected chi connectivity index (χ0v) is 12.8. The molecule has 0 radical (unpaired) electrons. The molecule has 1 heterocycles. The van der Waals surface area contributed by atoms with Crippen molar-refractivity contribution in [2.45, 2.75) is 12.8 Å². The fourth-order valence-electron chi connectivity index (χ4n) is 2.72. The molecule has 5 nitrogen and oxygen atoms in total. The Hall–Kier alpha value is -2.66. The first-order chi connectivity index (χ1) is 11.2. The summed E-state index contributed by atoms with van der Waals surface area (Å²) in [6.45, 7) is 0.955. The Morgan fingerprint density at radius 1 is 1.04 bits per heavy atom. The summed E-state index contributed by atoms with van der Waals surface area (Å²) in [5, 5.41) is 4.80. The summed E-state index contributed by atoms with van der Waals surface area (Å²) in [4.78, 5) is 25.6. The molecule has 3 N–H and O–H groups in total. The number of fused-ring (bicyclic) bond motifs is 1. The molecule has 0 atom stereocenters. The number of hydrogen-bond acceptors (Lipinski definition) is 3. The van der Waals surface area contributed by atoms with Crippen LogP contribution in [0.5, 0.6) is 0 Å². The highest BCUT2D eigenvalue weighted by Crippen LogP contribution is 2.22. The number of hydrogen-bond donors (Lipinski definition) is 2. The molecule has 0 aromatic heterocycles. The van der Waals surface area contributed by atoms with E-state index in [1.807, 2.05) is 42.5 Å². The Labute approximate surface area is 134 Å². The summed E-state index contributed by atoms with van der Waals surface area (Å²) >= 11 is 0. The maximum atomic E-state index is 12.4. The molecule has 3 rings (SSSR count). The van der Waals surface area contributed by atoms with Crippen LogP contribution in [0.3, 0.4) is 0 Å². The number of nitrogens with one attached hydrogen (secondary N) is 1. The van der Waals surface area contributed by atoms with E-state index in [-0.39, 0.29) is 11.9 Å². The second-order valence-corrected chi connectivity index (χ2v) is 5.51. The molecular weight excluding hydrogens is 290 g/mol. The molecule has 2 aromatic carbocycles. The largest absolute Gasteiger partial charge is 0.330 e. The minimum absolute atomic E-state index is 0.278. The maximum absolute atomic E-state index is 12.4. The molecule has 118 valence electrons. The Kier molecular flexibility index (Phi) is 4.39. The zero-order valence-electron chi connectivity index (χ0n) is 12.8. The van der Waals surface area contributed by atoms with Gasteiger partial charge in [-0.05, 0) is 41.8 Å². The van der Waals surface area contributed by atoms with Gasteiger partial charge in [0.2, 0.25) is 0 Å². The van der Waals surface area contributed by atoms with E-state index in [1.54, 1.807) is 6.08 Å². The topological polar surface area (TPSA) is 75.4 Å².